The molecule has 0 bridgehead atoms. The lowest BCUT2D eigenvalue weighted by Gasteiger charge is -2.36. The fraction of sp³-hybridized carbons (Fsp3) is 0.765. The van der Waals surface area contributed by atoms with Crippen molar-refractivity contribution in [2.45, 2.75) is 25.0 Å². The average molecular weight is 381 g/mol. The highest BCUT2D eigenvalue weighted by Crippen LogP contribution is 2.31. The fourth-order valence-corrected chi connectivity index (χ4v) is 5.42. The van der Waals surface area contributed by atoms with Gasteiger partial charge >= 0.3 is 0 Å². The minimum absolute atomic E-state index is 0.131. The van der Waals surface area contributed by atoms with E-state index in [1.165, 1.54) is 0 Å². The van der Waals surface area contributed by atoms with Gasteiger partial charge in [-0.25, -0.2) is 13.4 Å². The van der Waals surface area contributed by atoms with E-state index >= 15 is 0 Å². The maximum atomic E-state index is 12.4. The van der Waals surface area contributed by atoms with Gasteiger partial charge in [0.2, 0.25) is 16.0 Å². The van der Waals surface area contributed by atoms with Crippen LogP contribution in [0.4, 0.5) is 11.8 Å². The third-order valence-electron chi connectivity index (χ3n) is 5.48. The number of hydrogen-bond donors (Lipinski definition) is 0. The Hall–Kier alpha value is -1.45. The Morgan fingerprint density at radius 1 is 0.923 bits per heavy atom. The Kier molecular flexibility index (Phi) is 4.79. The van der Waals surface area contributed by atoms with Crippen LogP contribution in [0.3, 0.4) is 0 Å². The summed E-state index contributed by atoms with van der Waals surface area (Å²) in [6.45, 7) is 8.37. The molecule has 1 aromatic rings. The molecule has 1 aliphatic carbocycles. The van der Waals surface area contributed by atoms with Crippen LogP contribution in [0, 0.1) is 6.92 Å². The molecule has 3 aliphatic rings. The maximum Gasteiger partial charge on any atom is 0.227 e. The number of likely N-dealkylation sites (N-methyl/N-ethyl adjacent to an activating group) is 1. The first-order valence-electron chi connectivity index (χ1n) is 9.46. The summed E-state index contributed by atoms with van der Waals surface area (Å²) in [5.74, 6) is 1.70. The second-order valence-corrected chi connectivity index (χ2v) is 9.80. The number of anilines is 2. The molecule has 0 amide bonds. The summed E-state index contributed by atoms with van der Waals surface area (Å²) in [5, 5.41) is -0.131. The van der Waals surface area contributed by atoms with Crippen molar-refractivity contribution in [1.29, 1.82) is 0 Å². The maximum absolute atomic E-state index is 12.4. The normalized spacial score (nSPS) is 23.5. The Labute approximate surface area is 155 Å². The monoisotopic (exact) mass is 380 g/mol. The van der Waals surface area contributed by atoms with Crippen LogP contribution in [0.5, 0.6) is 0 Å². The van der Waals surface area contributed by atoms with E-state index in [1.807, 2.05) is 13.0 Å². The first-order chi connectivity index (χ1) is 12.4. The van der Waals surface area contributed by atoms with Gasteiger partial charge in [0, 0.05) is 64.1 Å². The second kappa shape index (κ2) is 6.94. The fourth-order valence-electron chi connectivity index (χ4n) is 3.59. The first-order valence-corrected chi connectivity index (χ1v) is 11.0. The Morgan fingerprint density at radius 2 is 1.54 bits per heavy atom. The highest BCUT2D eigenvalue weighted by molar-refractivity contribution is 7.90. The SMILES string of the molecule is Cc1cc(N2CCN(C)CC2)nc(N2CCN(S(=O)(=O)C3CC3)CC2)n1. The predicted octanol–water partition coefficient (Wildman–Crippen LogP) is 0.151. The summed E-state index contributed by atoms with van der Waals surface area (Å²) < 4.78 is 26.4. The molecule has 2 aliphatic heterocycles. The topological polar surface area (TPSA) is 72.9 Å². The third kappa shape index (κ3) is 3.65. The van der Waals surface area contributed by atoms with Gasteiger partial charge in [-0.1, -0.05) is 0 Å². The van der Waals surface area contributed by atoms with E-state index in [0.29, 0.717) is 26.2 Å². The van der Waals surface area contributed by atoms with Gasteiger partial charge in [-0.15, -0.1) is 0 Å². The molecule has 1 saturated carbocycles. The molecule has 3 heterocycles. The lowest BCUT2D eigenvalue weighted by atomic mass is 10.3. The van der Waals surface area contributed by atoms with Crippen LogP contribution in [-0.2, 0) is 10.0 Å². The molecule has 0 spiro atoms. The molecular weight excluding hydrogens is 352 g/mol. The smallest absolute Gasteiger partial charge is 0.227 e. The number of piperazine rings is 2. The number of aromatic nitrogens is 2. The van der Waals surface area contributed by atoms with Crippen LogP contribution in [0.1, 0.15) is 18.5 Å². The van der Waals surface area contributed by atoms with E-state index in [9.17, 15) is 8.42 Å². The van der Waals surface area contributed by atoms with Crippen molar-refractivity contribution >= 4 is 21.8 Å². The molecule has 2 saturated heterocycles. The quantitative estimate of drug-likeness (QED) is 0.736. The van der Waals surface area contributed by atoms with Crippen LogP contribution in [0.15, 0.2) is 6.07 Å². The van der Waals surface area contributed by atoms with Crippen molar-refractivity contribution in [3.63, 3.8) is 0 Å². The average Bonchev–Trinajstić information content (AvgIpc) is 3.48. The van der Waals surface area contributed by atoms with Crippen molar-refractivity contribution in [3.05, 3.63) is 11.8 Å². The molecule has 1 aromatic heterocycles. The van der Waals surface area contributed by atoms with E-state index < -0.39 is 10.0 Å². The Bertz CT molecular complexity index is 751. The number of rotatable bonds is 4. The molecule has 0 N–H and O–H groups in total. The van der Waals surface area contributed by atoms with Gasteiger partial charge < -0.3 is 14.7 Å². The third-order valence-corrected chi connectivity index (χ3v) is 7.88. The molecule has 3 fully saturated rings. The van der Waals surface area contributed by atoms with Crippen molar-refractivity contribution in [1.82, 2.24) is 19.2 Å². The van der Waals surface area contributed by atoms with Crippen LogP contribution in [-0.4, -0.2) is 92.2 Å². The predicted molar refractivity (Wildman–Crippen MR) is 102 cm³/mol. The van der Waals surface area contributed by atoms with Gasteiger partial charge in [-0.3, -0.25) is 0 Å². The molecule has 0 aromatic carbocycles. The molecule has 0 unspecified atom stereocenters. The van der Waals surface area contributed by atoms with Gasteiger partial charge in [0.25, 0.3) is 0 Å². The molecule has 144 valence electrons. The van der Waals surface area contributed by atoms with Crippen LogP contribution in [0.2, 0.25) is 0 Å². The minimum Gasteiger partial charge on any atom is -0.354 e. The zero-order valence-electron chi connectivity index (χ0n) is 15.6. The summed E-state index contributed by atoms with van der Waals surface area (Å²) >= 11 is 0. The summed E-state index contributed by atoms with van der Waals surface area (Å²) in [7, 11) is -0.938. The summed E-state index contributed by atoms with van der Waals surface area (Å²) in [6, 6.07) is 2.04. The summed E-state index contributed by atoms with van der Waals surface area (Å²) in [4.78, 5) is 16.2. The van der Waals surface area contributed by atoms with Crippen molar-refractivity contribution in [3.8, 4) is 0 Å². The van der Waals surface area contributed by atoms with Crippen LogP contribution >= 0.6 is 0 Å². The molecule has 0 radical (unpaired) electrons. The minimum atomic E-state index is -3.08. The van der Waals surface area contributed by atoms with Gasteiger partial charge in [0.1, 0.15) is 5.82 Å². The standard InChI is InChI=1S/C17H28N6O2S/c1-14-13-16(21-7-5-20(2)6-8-21)19-17(18-14)22-9-11-23(12-10-22)26(24,25)15-3-4-15/h13,15H,3-12H2,1-2H3. The van der Waals surface area contributed by atoms with Gasteiger partial charge in [-0.2, -0.15) is 9.29 Å². The van der Waals surface area contributed by atoms with E-state index in [4.69, 9.17) is 4.98 Å². The highest BCUT2D eigenvalue weighted by Gasteiger charge is 2.41. The van der Waals surface area contributed by atoms with E-state index in [2.05, 4.69) is 26.7 Å². The molecule has 4 rings (SSSR count). The van der Waals surface area contributed by atoms with Gasteiger partial charge in [0.15, 0.2) is 0 Å². The van der Waals surface area contributed by atoms with Crippen molar-refractivity contribution in [2.75, 3.05) is 69.2 Å². The molecule has 9 heteroatoms. The number of hydrogen-bond acceptors (Lipinski definition) is 7. The van der Waals surface area contributed by atoms with Crippen LogP contribution in [0.25, 0.3) is 0 Å². The first kappa shape index (κ1) is 17.9. The summed E-state index contributed by atoms with van der Waals surface area (Å²) in [5.41, 5.74) is 0.956. The molecule has 26 heavy (non-hydrogen) atoms. The molecule has 0 atom stereocenters. The zero-order chi connectivity index (χ0) is 18.3. The summed E-state index contributed by atoms with van der Waals surface area (Å²) in [6.07, 6.45) is 1.63. The van der Waals surface area contributed by atoms with Gasteiger partial charge in [0.05, 0.1) is 5.25 Å². The van der Waals surface area contributed by atoms with Crippen molar-refractivity contribution in [2.24, 2.45) is 0 Å². The second-order valence-electron chi connectivity index (χ2n) is 7.59. The molecule has 8 nitrogen and oxygen atoms in total. The van der Waals surface area contributed by atoms with E-state index in [-0.39, 0.29) is 5.25 Å². The number of aryl methyl sites for hydroxylation is 1. The zero-order valence-corrected chi connectivity index (χ0v) is 16.5. The number of sulfonamides is 1. The Morgan fingerprint density at radius 3 is 2.15 bits per heavy atom. The van der Waals surface area contributed by atoms with Crippen molar-refractivity contribution < 1.29 is 8.42 Å². The lowest BCUT2D eigenvalue weighted by Crippen LogP contribution is -2.50. The molecular formula is C17H28N6O2S. The number of nitrogens with zero attached hydrogens (tertiary/aromatic N) is 6. The largest absolute Gasteiger partial charge is 0.354 e. The lowest BCUT2D eigenvalue weighted by molar-refractivity contribution is 0.312. The van der Waals surface area contributed by atoms with Gasteiger partial charge in [-0.05, 0) is 26.8 Å². The van der Waals surface area contributed by atoms with E-state index in [0.717, 1.165) is 56.5 Å². The Balaban J connectivity index is 1.45. The highest BCUT2D eigenvalue weighted by atomic mass is 32.2. The van der Waals surface area contributed by atoms with E-state index in [1.54, 1.807) is 4.31 Å². The van der Waals surface area contributed by atoms with Crippen LogP contribution < -0.4 is 9.80 Å².